The number of anilines is 1. The first-order valence-electron chi connectivity index (χ1n) is 11.2. The van der Waals surface area contributed by atoms with E-state index in [9.17, 15) is 14.4 Å². The van der Waals surface area contributed by atoms with Crippen molar-refractivity contribution in [3.8, 4) is 0 Å². The summed E-state index contributed by atoms with van der Waals surface area (Å²) in [6, 6.07) is 5.68. The summed E-state index contributed by atoms with van der Waals surface area (Å²) in [6.45, 7) is 18.5. The predicted octanol–water partition coefficient (Wildman–Crippen LogP) is 4.94. The maximum absolute atomic E-state index is 12.5. The fourth-order valence-corrected chi connectivity index (χ4v) is 3.43. The van der Waals surface area contributed by atoms with E-state index in [1.165, 1.54) is 12.2 Å². The predicted molar refractivity (Wildman–Crippen MR) is 136 cm³/mol. The Hall–Kier alpha value is -2.91. The number of carbonyl (C=O) groups is 3. The van der Waals surface area contributed by atoms with Gasteiger partial charge in [-0.25, -0.2) is 9.59 Å². The van der Waals surface area contributed by atoms with Crippen molar-refractivity contribution in [2.75, 3.05) is 18.5 Å². The standard InChI is InChI=1S/C25H38N2O6Si/c1-8-16-31-22(28)15-14-21(23(29)32-17-9-2)27-24(30)26-20-12-10-19(11-13-20)18-33-34(6,7)25(3,4)5/h8-13,21H,1-2,14-18H2,3-7H3,(H2,26,27,30)/q-1/t21-/m0/s1. The number of urea groups is 1. The number of carbonyl (C=O) groups excluding carboxylic acids is 3. The molecule has 0 saturated heterocycles. The van der Waals surface area contributed by atoms with Gasteiger partial charge in [-0.3, -0.25) is 4.79 Å². The first kappa shape index (κ1) is 29.1. The summed E-state index contributed by atoms with van der Waals surface area (Å²) in [4.78, 5) is 36.5. The summed E-state index contributed by atoms with van der Waals surface area (Å²) in [7, 11) is -1.86. The molecule has 0 spiro atoms. The summed E-state index contributed by atoms with van der Waals surface area (Å²) in [5, 5.41) is 5.37. The van der Waals surface area contributed by atoms with Gasteiger partial charge in [0.15, 0.2) is 0 Å². The van der Waals surface area contributed by atoms with E-state index in [4.69, 9.17) is 13.9 Å². The zero-order chi connectivity index (χ0) is 25.8. The number of esters is 2. The minimum Gasteiger partial charge on any atom is -0.561 e. The van der Waals surface area contributed by atoms with Crippen LogP contribution < -0.4 is 10.6 Å². The van der Waals surface area contributed by atoms with Crippen LogP contribution in [0.4, 0.5) is 10.5 Å². The third-order valence-corrected chi connectivity index (χ3v) is 10.0. The molecular weight excluding hydrogens is 452 g/mol. The van der Waals surface area contributed by atoms with E-state index >= 15 is 0 Å². The van der Waals surface area contributed by atoms with Crippen LogP contribution in [0.2, 0.25) is 18.1 Å². The van der Waals surface area contributed by atoms with E-state index in [1.807, 2.05) is 12.1 Å². The van der Waals surface area contributed by atoms with Crippen molar-refractivity contribution in [2.24, 2.45) is 0 Å². The van der Waals surface area contributed by atoms with E-state index in [0.717, 1.165) is 5.56 Å². The maximum atomic E-state index is 12.5. The molecule has 0 bridgehead atoms. The third kappa shape index (κ3) is 10.3. The third-order valence-electron chi connectivity index (χ3n) is 5.55. The molecule has 0 aliphatic carbocycles. The molecule has 2 N–H and O–H groups in total. The van der Waals surface area contributed by atoms with Crippen molar-refractivity contribution in [3.63, 3.8) is 0 Å². The number of rotatable bonds is 13. The van der Waals surface area contributed by atoms with Gasteiger partial charge in [0.1, 0.15) is 19.3 Å². The van der Waals surface area contributed by atoms with Gasteiger partial charge in [-0.1, -0.05) is 58.2 Å². The summed E-state index contributed by atoms with van der Waals surface area (Å²) in [5.74, 6) is -1.16. The first-order valence-corrected chi connectivity index (χ1v) is 14.1. The van der Waals surface area contributed by atoms with Crippen LogP contribution in [0.15, 0.2) is 49.6 Å². The van der Waals surface area contributed by atoms with Gasteiger partial charge in [0, 0.05) is 18.7 Å². The summed E-state index contributed by atoms with van der Waals surface area (Å²) < 4.78 is 16.2. The summed E-state index contributed by atoms with van der Waals surface area (Å²) in [5.41, 5.74) is 1.55. The molecule has 0 saturated carbocycles. The van der Waals surface area contributed by atoms with Crippen LogP contribution in [0.5, 0.6) is 0 Å². The number of hydrogen-bond acceptors (Lipinski definition) is 6. The Morgan fingerprint density at radius 2 is 1.62 bits per heavy atom. The van der Waals surface area contributed by atoms with E-state index in [0.29, 0.717) is 12.3 Å². The second-order valence-corrected chi connectivity index (χ2v) is 14.1. The molecule has 1 atom stereocenters. The van der Waals surface area contributed by atoms with Crippen LogP contribution in [0.1, 0.15) is 39.2 Å². The van der Waals surface area contributed by atoms with Crippen LogP contribution in [0.25, 0.3) is 0 Å². The van der Waals surface area contributed by atoms with Crippen molar-refractivity contribution in [2.45, 2.75) is 64.4 Å². The van der Waals surface area contributed by atoms with Crippen LogP contribution in [0, 0.1) is 0 Å². The highest BCUT2D eigenvalue weighted by atomic mass is 28.4. The molecule has 9 heteroatoms. The molecule has 0 fully saturated rings. The van der Waals surface area contributed by atoms with Gasteiger partial charge in [0.2, 0.25) is 0 Å². The molecule has 1 rings (SSSR count). The molecule has 0 aliphatic heterocycles. The molecule has 0 aliphatic rings. The van der Waals surface area contributed by atoms with Crippen LogP contribution in [0.3, 0.4) is 0 Å². The van der Waals surface area contributed by atoms with Gasteiger partial charge in [-0.05, 0) is 32.4 Å². The van der Waals surface area contributed by atoms with E-state index in [2.05, 4.69) is 57.7 Å². The largest absolute Gasteiger partial charge is 0.561 e. The molecule has 0 radical (unpaired) electrons. The van der Waals surface area contributed by atoms with E-state index < -0.39 is 32.3 Å². The Kier molecular flexibility index (Phi) is 11.7. The average molecular weight is 491 g/mol. The van der Waals surface area contributed by atoms with Crippen LogP contribution in [-0.2, 0) is 30.1 Å². The lowest BCUT2D eigenvalue weighted by Crippen LogP contribution is -2.44. The lowest BCUT2D eigenvalue weighted by molar-refractivity contribution is -0.146. The Labute approximate surface area is 203 Å². The monoisotopic (exact) mass is 490 g/mol. The molecule has 0 unspecified atom stereocenters. The molecule has 0 aromatic heterocycles. The van der Waals surface area contributed by atoms with Gasteiger partial charge in [-0.15, -0.1) is 18.1 Å². The maximum Gasteiger partial charge on any atom is 0.329 e. The second kappa shape index (κ2) is 13.7. The smallest absolute Gasteiger partial charge is 0.329 e. The molecule has 8 nitrogen and oxygen atoms in total. The van der Waals surface area contributed by atoms with Gasteiger partial charge >= 0.3 is 18.0 Å². The lowest BCUT2D eigenvalue weighted by Gasteiger charge is -2.48. The molecule has 1 aromatic carbocycles. The Balaban J connectivity index is 2.69. The summed E-state index contributed by atoms with van der Waals surface area (Å²) >= 11 is 0. The van der Waals surface area contributed by atoms with Crippen molar-refractivity contribution in [1.29, 1.82) is 0 Å². The topological polar surface area (TPSA) is 103 Å². The molecule has 2 amide bonds. The highest BCUT2D eigenvalue weighted by Gasteiger charge is 2.25. The number of ether oxygens (including phenoxy) is 2. The minimum absolute atomic E-state index is 0.00203. The van der Waals surface area contributed by atoms with Gasteiger partial charge < -0.3 is 24.5 Å². The fraction of sp³-hybridized carbons (Fsp3) is 0.480. The normalized spacial score (nSPS) is 12.3. The van der Waals surface area contributed by atoms with Gasteiger partial charge in [0.25, 0.3) is 0 Å². The molecule has 1 aromatic rings. The van der Waals surface area contributed by atoms with E-state index in [1.54, 1.807) is 12.1 Å². The highest BCUT2D eigenvalue weighted by Crippen LogP contribution is 2.37. The number of benzene rings is 1. The Morgan fingerprint density at radius 3 is 2.18 bits per heavy atom. The Morgan fingerprint density at radius 1 is 1.03 bits per heavy atom. The molecule has 0 heterocycles. The average Bonchev–Trinajstić information content (AvgIpc) is 2.77. The number of nitrogens with one attached hydrogen (secondary N) is 2. The highest BCUT2D eigenvalue weighted by molar-refractivity contribution is 6.74. The van der Waals surface area contributed by atoms with Gasteiger partial charge in [-0.2, -0.15) is 0 Å². The quantitative estimate of drug-likeness (QED) is 0.231. The van der Waals surface area contributed by atoms with Crippen LogP contribution >= 0.6 is 0 Å². The first-order chi connectivity index (χ1) is 15.9. The lowest BCUT2D eigenvalue weighted by atomic mass is 10.1. The fourth-order valence-electron chi connectivity index (χ4n) is 2.47. The van der Waals surface area contributed by atoms with Crippen molar-refractivity contribution < 1.29 is 28.3 Å². The molecule has 189 valence electrons. The minimum atomic E-state index is -1.86. The SMILES string of the molecule is C=CCOC(=O)CC[C@H](NC(=O)Nc1ccc(CO[Si-](C)(C)C(C)(C)C)cc1)C(=O)OCC=C. The zero-order valence-electron chi connectivity index (χ0n) is 20.9. The zero-order valence-corrected chi connectivity index (χ0v) is 21.9. The van der Waals surface area contributed by atoms with Gasteiger partial charge in [0.05, 0.1) is 0 Å². The number of hydrogen-bond donors (Lipinski definition) is 2. The van der Waals surface area contributed by atoms with E-state index in [-0.39, 0.29) is 31.1 Å². The second-order valence-electron chi connectivity index (χ2n) is 9.33. The van der Waals surface area contributed by atoms with Crippen molar-refractivity contribution in [3.05, 3.63) is 55.1 Å². The van der Waals surface area contributed by atoms with Crippen molar-refractivity contribution >= 4 is 32.0 Å². The van der Waals surface area contributed by atoms with Crippen molar-refractivity contribution in [1.82, 2.24) is 5.32 Å². The Bertz CT molecular complexity index is 846. The molecular formula is C25H38N2O6Si-. The molecule has 34 heavy (non-hydrogen) atoms. The van der Waals surface area contributed by atoms with Crippen LogP contribution in [-0.4, -0.2) is 45.5 Å². The number of amides is 2. The summed E-state index contributed by atoms with van der Waals surface area (Å²) in [6.07, 6.45) is 2.84.